The molecule has 0 aromatic heterocycles. The van der Waals surface area contributed by atoms with Crippen LogP contribution in [0.4, 0.5) is 5.69 Å². The number of likely N-dealkylation sites (N-methyl/N-ethyl adjacent to an activating group) is 1. The molecule has 5 aliphatic rings. The highest BCUT2D eigenvalue weighted by atomic mass is 16.7. The second-order valence-corrected chi connectivity index (χ2v) is 7.75. The number of para-hydroxylation sites is 1. The zero-order valence-corrected chi connectivity index (χ0v) is 14.5. The number of fused-ring (bicyclic) bond motifs is 2. The summed E-state index contributed by atoms with van der Waals surface area (Å²) < 4.78 is 6.21. The Hall–Kier alpha value is -1.76. The highest BCUT2D eigenvalue weighted by molar-refractivity contribution is 6.07. The number of piperidine rings is 1. The summed E-state index contributed by atoms with van der Waals surface area (Å²) in [6.07, 6.45) is 1.03. The van der Waals surface area contributed by atoms with Gasteiger partial charge in [-0.3, -0.25) is 19.3 Å². The van der Waals surface area contributed by atoms with Gasteiger partial charge in [-0.2, -0.15) is 5.06 Å². The summed E-state index contributed by atoms with van der Waals surface area (Å²) in [5.74, 6) is 0.418. The van der Waals surface area contributed by atoms with Crippen LogP contribution < -0.4 is 5.06 Å². The Kier molecular flexibility index (Phi) is 3.18. The van der Waals surface area contributed by atoms with Gasteiger partial charge in [-0.15, -0.1) is 0 Å². The number of anilines is 1. The van der Waals surface area contributed by atoms with Crippen molar-refractivity contribution in [1.82, 2.24) is 4.90 Å². The summed E-state index contributed by atoms with van der Waals surface area (Å²) >= 11 is 0. The lowest BCUT2D eigenvalue weighted by Gasteiger charge is -2.43. The van der Waals surface area contributed by atoms with Crippen molar-refractivity contribution >= 4 is 17.4 Å². The van der Waals surface area contributed by atoms with Gasteiger partial charge in [0.1, 0.15) is 11.2 Å². The Morgan fingerprint density at radius 3 is 2.88 bits per heavy atom. The SMILES string of the molecule is CON1C(=O)[C@@]2(C[C@H]3[C@H]4CO[C@@H]2C[C@H]4C(=O)CN3C)c2ccccc21. The molecule has 4 heterocycles. The molecule has 1 spiro atoms. The van der Waals surface area contributed by atoms with Gasteiger partial charge in [0.25, 0.3) is 5.91 Å². The number of hydrogen-bond acceptors (Lipinski definition) is 5. The van der Waals surface area contributed by atoms with Crippen LogP contribution in [0.5, 0.6) is 0 Å². The van der Waals surface area contributed by atoms with E-state index in [1.165, 1.54) is 12.2 Å². The van der Waals surface area contributed by atoms with E-state index in [0.717, 1.165) is 11.3 Å². The minimum atomic E-state index is -0.764. The molecule has 0 unspecified atom stereocenters. The molecule has 1 saturated carbocycles. The Balaban J connectivity index is 1.71. The molecule has 3 saturated heterocycles. The Bertz CT molecular complexity index is 766. The number of amides is 1. The maximum absolute atomic E-state index is 13.5. The van der Waals surface area contributed by atoms with Gasteiger partial charge >= 0.3 is 0 Å². The molecule has 1 aromatic rings. The number of ether oxygens (including phenoxy) is 1. The van der Waals surface area contributed by atoms with Crippen LogP contribution in [0.25, 0.3) is 0 Å². The summed E-state index contributed by atoms with van der Waals surface area (Å²) in [4.78, 5) is 33.6. The van der Waals surface area contributed by atoms with Crippen molar-refractivity contribution in [1.29, 1.82) is 0 Å². The van der Waals surface area contributed by atoms with Crippen molar-refractivity contribution < 1.29 is 19.2 Å². The van der Waals surface area contributed by atoms with Crippen molar-refractivity contribution in [3.8, 4) is 0 Å². The van der Waals surface area contributed by atoms with Crippen molar-refractivity contribution in [3.05, 3.63) is 29.8 Å². The molecule has 4 bridgehead atoms. The fourth-order valence-electron chi connectivity index (χ4n) is 5.61. The van der Waals surface area contributed by atoms with Gasteiger partial charge < -0.3 is 4.74 Å². The number of rotatable bonds is 1. The first-order chi connectivity index (χ1) is 12.1. The fourth-order valence-corrected chi connectivity index (χ4v) is 5.61. The summed E-state index contributed by atoms with van der Waals surface area (Å²) in [6, 6.07) is 7.99. The van der Waals surface area contributed by atoms with Crippen molar-refractivity contribution in [2.75, 3.05) is 32.4 Å². The monoisotopic (exact) mass is 342 g/mol. The number of carbonyl (C=O) groups excluding carboxylic acids is 2. The molecule has 0 radical (unpaired) electrons. The molecule has 6 rings (SSSR count). The molecule has 6 heteroatoms. The van der Waals surface area contributed by atoms with E-state index in [0.29, 0.717) is 26.0 Å². The molecule has 5 atom stereocenters. The highest BCUT2D eigenvalue weighted by Crippen LogP contribution is 2.55. The summed E-state index contributed by atoms with van der Waals surface area (Å²) in [6.45, 7) is 1.03. The number of likely N-dealkylation sites (tertiary alicyclic amines) is 1. The van der Waals surface area contributed by atoms with E-state index in [-0.39, 0.29) is 35.7 Å². The molecule has 0 N–H and O–H groups in total. The predicted octanol–water partition coefficient (Wildman–Crippen LogP) is 1.14. The Morgan fingerprint density at radius 1 is 1.28 bits per heavy atom. The van der Waals surface area contributed by atoms with Gasteiger partial charge in [0.2, 0.25) is 0 Å². The molecular weight excluding hydrogens is 320 g/mol. The van der Waals surface area contributed by atoms with Crippen molar-refractivity contribution in [2.45, 2.75) is 30.4 Å². The number of hydroxylamine groups is 1. The van der Waals surface area contributed by atoms with E-state index in [1.54, 1.807) is 0 Å². The van der Waals surface area contributed by atoms with Crippen molar-refractivity contribution in [2.24, 2.45) is 11.8 Å². The van der Waals surface area contributed by atoms with Crippen molar-refractivity contribution in [3.63, 3.8) is 0 Å². The van der Waals surface area contributed by atoms with E-state index in [2.05, 4.69) is 4.90 Å². The molecule has 6 nitrogen and oxygen atoms in total. The molecule has 1 amide bonds. The molecule has 25 heavy (non-hydrogen) atoms. The van der Waals surface area contributed by atoms with E-state index in [4.69, 9.17) is 9.57 Å². The summed E-state index contributed by atoms with van der Waals surface area (Å²) in [7, 11) is 3.52. The number of hydrogen-bond donors (Lipinski definition) is 0. The third-order valence-electron chi connectivity index (χ3n) is 6.79. The number of ketones is 1. The fraction of sp³-hybridized carbons (Fsp3) is 0.579. The zero-order chi connectivity index (χ0) is 17.3. The average molecular weight is 342 g/mol. The van der Waals surface area contributed by atoms with E-state index in [1.807, 2.05) is 31.3 Å². The maximum Gasteiger partial charge on any atom is 0.264 e. The number of carbonyl (C=O) groups is 2. The molecule has 4 fully saturated rings. The van der Waals surface area contributed by atoms with Gasteiger partial charge in [-0.05, 0) is 31.5 Å². The third-order valence-corrected chi connectivity index (χ3v) is 6.79. The first kappa shape index (κ1) is 15.5. The number of Topliss-reactive ketones (excluding diaryl/α,β-unsaturated/α-hetero) is 1. The van der Waals surface area contributed by atoms with Crippen LogP contribution >= 0.6 is 0 Å². The van der Waals surface area contributed by atoms with Gasteiger partial charge in [-0.25, -0.2) is 0 Å². The molecule has 1 aromatic carbocycles. The predicted molar refractivity (Wildman–Crippen MR) is 90.0 cm³/mol. The minimum absolute atomic E-state index is 0.0101. The first-order valence-electron chi connectivity index (χ1n) is 8.90. The van der Waals surface area contributed by atoms with Crippen LogP contribution in [0.15, 0.2) is 24.3 Å². The van der Waals surface area contributed by atoms with Crippen LogP contribution in [0.2, 0.25) is 0 Å². The van der Waals surface area contributed by atoms with Crippen LogP contribution in [-0.4, -0.2) is 56.0 Å². The quantitative estimate of drug-likeness (QED) is 0.766. The lowest BCUT2D eigenvalue weighted by molar-refractivity contribution is -0.146. The average Bonchev–Trinajstić information content (AvgIpc) is 2.74. The van der Waals surface area contributed by atoms with Gasteiger partial charge in [0.15, 0.2) is 0 Å². The largest absolute Gasteiger partial charge is 0.376 e. The topological polar surface area (TPSA) is 59.1 Å². The molecule has 132 valence electrons. The minimum Gasteiger partial charge on any atom is -0.376 e. The van der Waals surface area contributed by atoms with E-state index < -0.39 is 5.41 Å². The lowest BCUT2D eigenvalue weighted by atomic mass is 9.72. The van der Waals surface area contributed by atoms with Crippen LogP contribution in [0.1, 0.15) is 18.4 Å². The second-order valence-electron chi connectivity index (χ2n) is 7.75. The third kappa shape index (κ3) is 1.80. The van der Waals surface area contributed by atoms with E-state index >= 15 is 0 Å². The molecule has 4 aliphatic heterocycles. The van der Waals surface area contributed by atoms with E-state index in [9.17, 15) is 9.59 Å². The zero-order valence-electron chi connectivity index (χ0n) is 14.5. The highest BCUT2D eigenvalue weighted by Gasteiger charge is 2.64. The Labute approximate surface area is 146 Å². The summed E-state index contributed by atoms with van der Waals surface area (Å²) in [5.41, 5.74) is 1.01. The number of nitrogens with zero attached hydrogens (tertiary/aromatic N) is 2. The standard InChI is InChI=1S/C19H22N2O4/c1-20-9-16(22)11-7-17-19(8-15(20)12(11)10-25-17)13-5-3-4-6-14(13)21(24-2)18(19)23/h3-6,11-12,15,17H,7-10H2,1-2H3/t11-,12+,15+,17-,19+/m1/s1. The molecule has 1 aliphatic carbocycles. The normalized spacial score (nSPS) is 39.8. The van der Waals surface area contributed by atoms with Gasteiger partial charge in [0, 0.05) is 17.9 Å². The second kappa shape index (κ2) is 5.13. The lowest BCUT2D eigenvalue weighted by Crippen LogP contribution is -2.54. The smallest absolute Gasteiger partial charge is 0.264 e. The Morgan fingerprint density at radius 2 is 2.08 bits per heavy atom. The van der Waals surface area contributed by atoms with Crippen LogP contribution in [0.3, 0.4) is 0 Å². The first-order valence-corrected chi connectivity index (χ1v) is 8.90. The van der Waals surface area contributed by atoms with Crippen LogP contribution in [-0.2, 0) is 24.6 Å². The van der Waals surface area contributed by atoms with Gasteiger partial charge in [-0.1, -0.05) is 18.2 Å². The van der Waals surface area contributed by atoms with Gasteiger partial charge in [0.05, 0.1) is 32.1 Å². The maximum atomic E-state index is 13.5. The number of benzene rings is 1. The van der Waals surface area contributed by atoms with Crippen LogP contribution in [0, 0.1) is 11.8 Å². The summed E-state index contributed by atoms with van der Waals surface area (Å²) in [5, 5.41) is 1.41. The molecular formula is C19H22N2O4.